The summed E-state index contributed by atoms with van der Waals surface area (Å²) in [6.45, 7) is 5.23. The van der Waals surface area contributed by atoms with Crippen molar-refractivity contribution in [3.8, 4) is 11.5 Å². The third-order valence-electron chi connectivity index (χ3n) is 5.09. The predicted octanol–water partition coefficient (Wildman–Crippen LogP) is 1.76. The molecule has 7 nitrogen and oxygen atoms in total. The van der Waals surface area contributed by atoms with Crippen LogP contribution in [-0.4, -0.2) is 61.8 Å². The van der Waals surface area contributed by atoms with Gasteiger partial charge < -0.3 is 20.1 Å². The van der Waals surface area contributed by atoms with Crippen molar-refractivity contribution in [1.29, 1.82) is 0 Å². The zero-order chi connectivity index (χ0) is 17.4. The first-order chi connectivity index (χ1) is 12.2. The minimum absolute atomic E-state index is 0.473. The zero-order valence-electron chi connectivity index (χ0n) is 14.9. The standard InChI is InChI=1S/C18H25N5O2/c1-24-15-9-13-14(10-16(15)25-2)20-18(21-17(13)19)23-7-5-22(6-8-23)11-12-3-4-12/h9-10,12H,3-8,11H2,1-2H3,(H2,19,20,21). The van der Waals surface area contributed by atoms with Crippen LogP contribution in [0, 0.1) is 5.92 Å². The molecule has 2 aromatic rings. The molecule has 1 aromatic heterocycles. The van der Waals surface area contributed by atoms with Gasteiger partial charge in [0.1, 0.15) is 5.82 Å². The maximum Gasteiger partial charge on any atom is 0.227 e. The summed E-state index contributed by atoms with van der Waals surface area (Å²) < 4.78 is 10.7. The van der Waals surface area contributed by atoms with Crippen LogP contribution in [0.1, 0.15) is 12.8 Å². The smallest absolute Gasteiger partial charge is 0.227 e. The number of fused-ring (bicyclic) bond motifs is 1. The lowest BCUT2D eigenvalue weighted by molar-refractivity contribution is 0.247. The second kappa shape index (κ2) is 6.55. The number of methoxy groups -OCH3 is 2. The molecule has 0 unspecified atom stereocenters. The highest BCUT2D eigenvalue weighted by atomic mass is 16.5. The summed E-state index contributed by atoms with van der Waals surface area (Å²) in [5.41, 5.74) is 6.97. The summed E-state index contributed by atoms with van der Waals surface area (Å²) >= 11 is 0. The number of anilines is 2. The molecule has 4 rings (SSSR count). The van der Waals surface area contributed by atoms with E-state index in [9.17, 15) is 0 Å². The topological polar surface area (TPSA) is 76.7 Å². The summed E-state index contributed by atoms with van der Waals surface area (Å²) in [5, 5.41) is 0.786. The van der Waals surface area contributed by atoms with Gasteiger partial charge >= 0.3 is 0 Å². The monoisotopic (exact) mass is 343 g/mol. The van der Waals surface area contributed by atoms with Crippen LogP contribution in [0.2, 0.25) is 0 Å². The van der Waals surface area contributed by atoms with E-state index in [-0.39, 0.29) is 0 Å². The summed E-state index contributed by atoms with van der Waals surface area (Å²) in [5.74, 6) is 3.38. The maximum absolute atomic E-state index is 6.20. The van der Waals surface area contributed by atoms with E-state index in [0.717, 1.165) is 43.0 Å². The molecule has 0 radical (unpaired) electrons. The first kappa shape index (κ1) is 16.2. The highest BCUT2D eigenvalue weighted by molar-refractivity contribution is 5.91. The van der Waals surface area contributed by atoms with Crippen molar-refractivity contribution in [3.05, 3.63) is 12.1 Å². The number of hydrogen-bond donors (Lipinski definition) is 1. The van der Waals surface area contributed by atoms with Crippen molar-refractivity contribution in [2.75, 3.05) is 57.6 Å². The quantitative estimate of drug-likeness (QED) is 0.886. The molecule has 1 aliphatic carbocycles. The molecule has 2 fully saturated rings. The van der Waals surface area contributed by atoms with Crippen molar-refractivity contribution >= 4 is 22.7 Å². The molecule has 1 aliphatic heterocycles. The van der Waals surface area contributed by atoms with Crippen LogP contribution in [0.4, 0.5) is 11.8 Å². The molecule has 7 heteroatoms. The number of nitrogens with two attached hydrogens (primary N) is 1. The van der Waals surface area contributed by atoms with Gasteiger partial charge in [-0.05, 0) is 24.8 Å². The molecule has 2 aliphatic rings. The van der Waals surface area contributed by atoms with Crippen molar-refractivity contribution in [3.63, 3.8) is 0 Å². The SMILES string of the molecule is COc1cc2nc(N3CCN(CC4CC4)CC3)nc(N)c2cc1OC. The third kappa shape index (κ3) is 3.28. The molecule has 1 saturated heterocycles. The van der Waals surface area contributed by atoms with Crippen molar-refractivity contribution < 1.29 is 9.47 Å². The summed E-state index contributed by atoms with van der Waals surface area (Å²) in [6.07, 6.45) is 2.80. The Morgan fingerprint density at radius 2 is 1.72 bits per heavy atom. The van der Waals surface area contributed by atoms with Crippen LogP contribution >= 0.6 is 0 Å². The van der Waals surface area contributed by atoms with Crippen LogP contribution in [0.5, 0.6) is 11.5 Å². The molecule has 25 heavy (non-hydrogen) atoms. The molecule has 0 bridgehead atoms. The summed E-state index contributed by atoms with van der Waals surface area (Å²) in [7, 11) is 3.23. The molecule has 134 valence electrons. The predicted molar refractivity (Wildman–Crippen MR) is 98.4 cm³/mol. The number of piperazine rings is 1. The second-order valence-electron chi connectivity index (χ2n) is 6.86. The first-order valence-corrected chi connectivity index (χ1v) is 8.84. The van der Waals surface area contributed by atoms with E-state index in [2.05, 4.69) is 14.8 Å². The first-order valence-electron chi connectivity index (χ1n) is 8.84. The number of nitrogens with zero attached hydrogens (tertiary/aromatic N) is 4. The second-order valence-corrected chi connectivity index (χ2v) is 6.86. The molecule has 0 spiro atoms. The van der Waals surface area contributed by atoms with E-state index in [0.29, 0.717) is 23.3 Å². The Labute approximate surface area is 147 Å². The zero-order valence-corrected chi connectivity index (χ0v) is 14.9. The van der Waals surface area contributed by atoms with Crippen LogP contribution in [0.15, 0.2) is 12.1 Å². The average Bonchev–Trinajstić information content (AvgIpc) is 3.45. The lowest BCUT2D eigenvalue weighted by Gasteiger charge is -2.34. The fourth-order valence-corrected chi connectivity index (χ4v) is 3.40. The Bertz CT molecular complexity index is 770. The summed E-state index contributed by atoms with van der Waals surface area (Å²) in [4.78, 5) is 14.0. The molecular weight excluding hydrogens is 318 g/mol. The minimum Gasteiger partial charge on any atom is -0.493 e. The van der Waals surface area contributed by atoms with Crippen molar-refractivity contribution in [1.82, 2.24) is 14.9 Å². The van der Waals surface area contributed by atoms with E-state index in [1.54, 1.807) is 14.2 Å². The molecule has 0 atom stereocenters. The Kier molecular flexibility index (Phi) is 4.25. The molecular formula is C18H25N5O2. The van der Waals surface area contributed by atoms with E-state index in [1.165, 1.54) is 19.4 Å². The van der Waals surface area contributed by atoms with Gasteiger partial charge in [0.15, 0.2) is 11.5 Å². The normalized spacial score (nSPS) is 18.6. The van der Waals surface area contributed by atoms with Gasteiger partial charge in [0.05, 0.1) is 19.7 Å². The third-order valence-corrected chi connectivity index (χ3v) is 5.09. The van der Waals surface area contributed by atoms with Gasteiger partial charge in [0, 0.05) is 44.2 Å². The van der Waals surface area contributed by atoms with Crippen LogP contribution in [0.3, 0.4) is 0 Å². The van der Waals surface area contributed by atoms with Gasteiger partial charge in [-0.1, -0.05) is 0 Å². The molecule has 2 heterocycles. The maximum atomic E-state index is 6.20. The Hall–Kier alpha value is -2.28. The highest BCUT2D eigenvalue weighted by Crippen LogP contribution is 2.34. The fraction of sp³-hybridized carbons (Fsp3) is 0.556. The largest absolute Gasteiger partial charge is 0.493 e. The van der Waals surface area contributed by atoms with Crippen molar-refractivity contribution in [2.24, 2.45) is 5.92 Å². The van der Waals surface area contributed by atoms with Crippen LogP contribution < -0.4 is 20.1 Å². The van der Waals surface area contributed by atoms with Crippen molar-refractivity contribution in [2.45, 2.75) is 12.8 Å². The van der Waals surface area contributed by atoms with Gasteiger partial charge in [-0.3, -0.25) is 4.90 Å². The van der Waals surface area contributed by atoms with E-state index < -0.39 is 0 Å². The molecule has 0 amide bonds. The van der Waals surface area contributed by atoms with Crippen LogP contribution in [0.25, 0.3) is 10.9 Å². The lowest BCUT2D eigenvalue weighted by Crippen LogP contribution is -2.47. The lowest BCUT2D eigenvalue weighted by atomic mass is 10.2. The minimum atomic E-state index is 0.473. The van der Waals surface area contributed by atoms with Gasteiger partial charge in [-0.2, -0.15) is 4.98 Å². The summed E-state index contributed by atoms with van der Waals surface area (Å²) in [6, 6.07) is 3.69. The Morgan fingerprint density at radius 3 is 2.36 bits per heavy atom. The van der Waals surface area contributed by atoms with Gasteiger partial charge in [0.25, 0.3) is 0 Å². The number of nitrogen functional groups attached to an aromatic ring is 1. The number of benzene rings is 1. The molecule has 1 saturated carbocycles. The number of ether oxygens (including phenoxy) is 2. The fourth-order valence-electron chi connectivity index (χ4n) is 3.40. The highest BCUT2D eigenvalue weighted by Gasteiger charge is 2.27. The Morgan fingerprint density at radius 1 is 1.04 bits per heavy atom. The molecule has 1 aromatic carbocycles. The molecule has 2 N–H and O–H groups in total. The Balaban J connectivity index is 1.57. The average molecular weight is 343 g/mol. The number of rotatable bonds is 5. The van der Waals surface area contributed by atoms with E-state index in [4.69, 9.17) is 20.2 Å². The van der Waals surface area contributed by atoms with Gasteiger partial charge in [-0.15, -0.1) is 0 Å². The van der Waals surface area contributed by atoms with Gasteiger partial charge in [-0.25, -0.2) is 4.98 Å². The van der Waals surface area contributed by atoms with Crippen LogP contribution in [-0.2, 0) is 0 Å². The number of hydrogen-bond acceptors (Lipinski definition) is 7. The van der Waals surface area contributed by atoms with E-state index >= 15 is 0 Å². The number of aromatic nitrogens is 2. The van der Waals surface area contributed by atoms with Gasteiger partial charge in [0.2, 0.25) is 5.95 Å². The van der Waals surface area contributed by atoms with E-state index in [1.807, 2.05) is 12.1 Å².